The van der Waals surface area contributed by atoms with Crippen LogP contribution >= 0.6 is 0 Å². The molecule has 0 aromatic heterocycles. The maximum atomic E-state index is 9.78. The van der Waals surface area contributed by atoms with E-state index in [1.807, 2.05) is 6.92 Å². The van der Waals surface area contributed by atoms with Crippen LogP contribution in [0.2, 0.25) is 0 Å². The molecule has 2 atom stereocenters. The molecule has 0 unspecified atom stereocenters. The van der Waals surface area contributed by atoms with E-state index >= 15 is 0 Å². The van der Waals surface area contributed by atoms with E-state index in [9.17, 15) is 5.11 Å². The van der Waals surface area contributed by atoms with Crippen molar-refractivity contribution in [2.75, 3.05) is 27.1 Å². The highest BCUT2D eigenvalue weighted by Crippen LogP contribution is 2.14. The van der Waals surface area contributed by atoms with Gasteiger partial charge in [-0.1, -0.05) is 0 Å². The number of rotatable bonds is 7. The van der Waals surface area contributed by atoms with E-state index in [0.29, 0.717) is 12.8 Å². The van der Waals surface area contributed by atoms with Gasteiger partial charge in [-0.15, -0.1) is 0 Å². The van der Waals surface area contributed by atoms with Crippen LogP contribution in [0.15, 0.2) is 0 Å². The van der Waals surface area contributed by atoms with E-state index in [1.165, 1.54) is 0 Å². The van der Waals surface area contributed by atoms with Gasteiger partial charge < -0.3 is 24.1 Å². The molecule has 0 aromatic rings. The van der Waals surface area contributed by atoms with Crippen molar-refractivity contribution < 1.29 is 24.1 Å². The molecule has 5 nitrogen and oxygen atoms in total. The Bertz CT molecular complexity index is 170. The number of ether oxygens (including phenoxy) is 4. The smallest absolute Gasteiger partial charge is 0.157 e. The molecule has 0 saturated carbocycles. The van der Waals surface area contributed by atoms with Gasteiger partial charge in [0.15, 0.2) is 6.29 Å². The third-order valence-electron chi connectivity index (χ3n) is 2.58. The molecule has 0 bridgehead atoms. The topological polar surface area (TPSA) is 57.2 Å². The van der Waals surface area contributed by atoms with Crippen molar-refractivity contribution in [1.82, 2.24) is 0 Å². The Kier molecular flexibility index (Phi) is 6.91. The molecule has 0 aromatic carbocycles. The van der Waals surface area contributed by atoms with Gasteiger partial charge in [0.2, 0.25) is 0 Å². The zero-order chi connectivity index (χ0) is 11.8. The summed E-state index contributed by atoms with van der Waals surface area (Å²) in [6, 6.07) is 0. The molecule has 1 heterocycles. The summed E-state index contributed by atoms with van der Waals surface area (Å²) in [4.78, 5) is 0. The summed E-state index contributed by atoms with van der Waals surface area (Å²) in [7, 11) is 1.56. The van der Waals surface area contributed by atoms with Gasteiger partial charge in [0, 0.05) is 13.5 Å². The van der Waals surface area contributed by atoms with Crippen molar-refractivity contribution in [1.29, 1.82) is 0 Å². The predicted octanol–water partition coefficient (Wildman–Crippen LogP) is 0.899. The summed E-state index contributed by atoms with van der Waals surface area (Å²) in [5.74, 6) is 0. The molecule has 0 radical (unpaired) electrons. The SMILES string of the molecule is COCO[C@@H](C)[C@@H](O)CCC1OCCCO1. The zero-order valence-electron chi connectivity index (χ0n) is 10.1. The average Bonchev–Trinajstić information content (AvgIpc) is 2.34. The molecule has 1 aliphatic heterocycles. The van der Waals surface area contributed by atoms with Gasteiger partial charge in [-0.3, -0.25) is 0 Å². The first-order valence-corrected chi connectivity index (χ1v) is 5.76. The van der Waals surface area contributed by atoms with Crippen molar-refractivity contribution >= 4 is 0 Å². The molecular weight excluding hydrogens is 212 g/mol. The Morgan fingerprint density at radius 1 is 1.38 bits per heavy atom. The van der Waals surface area contributed by atoms with Gasteiger partial charge in [0.05, 0.1) is 25.4 Å². The van der Waals surface area contributed by atoms with E-state index < -0.39 is 6.10 Å². The van der Waals surface area contributed by atoms with Crippen LogP contribution in [0.4, 0.5) is 0 Å². The Hall–Kier alpha value is -0.200. The molecule has 0 spiro atoms. The van der Waals surface area contributed by atoms with Crippen LogP contribution in [0.3, 0.4) is 0 Å². The molecule has 1 aliphatic rings. The summed E-state index contributed by atoms with van der Waals surface area (Å²) < 4.78 is 20.8. The Morgan fingerprint density at radius 2 is 2.06 bits per heavy atom. The first-order valence-electron chi connectivity index (χ1n) is 5.76. The first kappa shape index (κ1) is 13.9. The maximum Gasteiger partial charge on any atom is 0.157 e. The lowest BCUT2D eigenvalue weighted by molar-refractivity contribution is -0.186. The lowest BCUT2D eigenvalue weighted by Gasteiger charge is -2.25. The van der Waals surface area contributed by atoms with E-state index in [0.717, 1.165) is 19.6 Å². The molecule has 0 aliphatic carbocycles. The third-order valence-corrected chi connectivity index (χ3v) is 2.58. The summed E-state index contributed by atoms with van der Waals surface area (Å²) in [5, 5.41) is 9.78. The molecule has 96 valence electrons. The minimum atomic E-state index is -0.510. The highest BCUT2D eigenvalue weighted by Gasteiger charge is 2.19. The van der Waals surface area contributed by atoms with Crippen molar-refractivity contribution in [2.45, 2.75) is 44.7 Å². The fourth-order valence-corrected chi connectivity index (χ4v) is 1.53. The molecule has 1 fully saturated rings. The predicted molar refractivity (Wildman–Crippen MR) is 58.0 cm³/mol. The summed E-state index contributed by atoms with van der Waals surface area (Å²) in [6.45, 7) is 3.52. The van der Waals surface area contributed by atoms with Gasteiger partial charge in [0.1, 0.15) is 6.79 Å². The second-order valence-corrected chi connectivity index (χ2v) is 3.95. The molecule has 16 heavy (non-hydrogen) atoms. The fraction of sp³-hybridized carbons (Fsp3) is 1.00. The zero-order valence-corrected chi connectivity index (χ0v) is 10.1. The molecule has 0 amide bonds. The Balaban J connectivity index is 2.10. The van der Waals surface area contributed by atoms with Crippen molar-refractivity contribution in [3.63, 3.8) is 0 Å². The second-order valence-electron chi connectivity index (χ2n) is 3.95. The minimum Gasteiger partial charge on any atom is -0.390 e. The quantitative estimate of drug-likeness (QED) is 0.663. The van der Waals surface area contributed by atoms with Crippen LogP contribution in [0.1, 0.15) is 26.2 Å². The lowest BCUT2D eigenvalue weighted by atomic mass is 10.1. The summed E-state index contributed by atoms with van der Waals surface area (Å²) >= 11 is 0. The van der Waals surface area contributed by atoms with Crippen LogP contribution in [0.5, 0.6) is 0 Å². The molecule has 1 N–H and O–H groups in total. The van der Waals surface area contributed by atoms with Crippen molar-refractivity contribution in [3.8, 4) is 0 Å². The third kappa shape index (κ3) is 5.23. The van der Waals surface area contributed by atoms with Crippen LogP contribution in [0.25, 0.3) is 0 Å². The molecular formula is C11H22O5. The van der Waals surface area contributed by atoms with Crippen LogP contribution < -0.4 is 0 Å². The Morgan fingerprint density at radius 3 is 2.69 bits per heavy atom. The van der Waals surface area contributed by atoms with Crippen LogP contribution in [0, 0.1) is 0 Å². The van der Waals surface area contributed by atoms with E-state index in [1.54, 1.807) is 7.11 Å². The molecule has 1 rings (SSSR count). The fourth-order valence-electron chi connectivity index (χ4n) is 1.53. The number of aliphatic hydroxyl groups is 1. The van der Waals surface area contributed by atoms with E-state index in [2.05, 4.69) is 0 Å². The average molecular weight is 234 g/mol. The van der Waals surface area contributed by atoms with Gasteiger partial charge >= 0.3 is 0 Å². The van der Waals surface area contributed by atoms with Crippen molar-refractivity contribution in [2.24, 2.45) is 0 Å². The van der Waals surface area contributed by atoms with Gasteiger partial charge in [-0.2, -0.15) is 0 Å². The normalized spacial score (nSPS) is 21.9. The maximum absolute atomic E-state index is 9.78. The number of hydrogen-bond acceptors (Lipinski definition) is 5. The lowest BCUT2D eigenvalue weighted by Crippen LogP contribution is -2.30. The van der Waals surface area contributed by atoms with Gasteiger partial charge in [-0.05, 0) is 19.8 Å². The summed E-state index contributed by atoms with van der Waals surface area (Å²) in [5.41, 5.74) is 0. The highest BCUT2D eigenvalue weighted by atomic mass is 16.7. The minimum absolute atomic E-state index is 0.168. The summed E-state index contributed by atoms with van der Waals surface area (Å²) in [6.07, 6.45) is 1.34. The standard InChI is InChI=1S/C11H22O5/c1-9(16-8-13-2)10(12)4-5-11-14-6-3-7-15-11/h9-12H,3-8H2,1-2H3/t9-,10-/m0/s1. The monoisotopic (exact) mass is 234 g/mol. The second kappa shape index (κ2) is 7.97. The number of hydrogen-bond donors (Lipinski definition) is 1. The number of methoxy groups -OCH3 is 1. The van der Waals surface area contributed by atoms with Crippen molar-refractivity contribution in [3.05, 3.63) is 0 Å². The number of aliphatic hydroxyl groups excluding tert-OH is 1. The van der Waals surface area contributed by atoms with Crippen LogP contribution in [-0.2, 0) is 18.9 Å². The molecule has 1 saturated heterocycles. The first-order chi connectivity index (χ1) is 7.74. The van der Waals surface area contributed by atoms with Gasteiger partial charge in [0.25, 0.3) is 0 Å². The largest absolute Gasteiger partial charge is 0.390 e. The van der Waals surface area contributed by atoms with E-state index in [-0.39, 0.29) is 19.2 Å². The Labute approximate surface area is 96.6 Å². The highest BCUT2D eigenvalue weighted by molar-refractivity contribution is 4.65. The van der Waals surface area contributed by atoms with E-state index in [4.69, 9.17) is 18.9 Å². The van der Waals surface area contributed by atoms with Gasteiger partial charge in [-0.25, -0.2) is 0 Å². The van der Waals surface area contributed by atoms with Crippen LogP contribution in [-0.4, -0.2) is 50.7 Å². The molecule has 5 heteroatoms.